The molecule has 146 valence electrons. The second-order valence-corrected chi connectivity index (χ2v) is 6.65. The monoisotopic (exact) mass is 407 g/mol. The van der Waals surface area contributed by atoms with Crippen LogP contribution in [0.2, 0.25) is 5.02 Å². The third-order valence-electron chi connectivity index (χ3n) is 4.27. The number of hydrogen-bond donors (Lipinski definition) is 2. The highest BCUT2D eigenvalue weighted by atomic mass is 35.5. The number of anilines is 2. The van der Waals surface area contributed by atoms with Gasteiger partial charge in [0.05, 0.1) is 23.0 Å². The minimum Gasteiger partial charge on any atom is -0.469 e. The number of halogens is 1. The zero-order valence-electron chi connectivity index (χ0n) is 15.6. The van der Waals surface area contributed by atoms with E-state index < -0.39 is 0 Å². The summed E-state index contributed by atoms with van der Waals surface area (Å²) < 4.78 is 11.5. The van der Waals surface area contributed by atoms with Crippen LogP contribution in [0, 0.1) is 0 Å². The lowest BCUT2D eigenvalue weighted by Crippen LogP contribution is -2.06. The molecule has 3 heterocycles. The first kappa shape index (κ1) is 18.8. The van der Waals surface area contributed by atoms with Crippen LogP contribution in [0.5, 0.6) is 5.88 Å². The van der Waals surface area contributed by atoms with Crippen LogP contribution in [0.4, 0.5) is 11.5 Å². The summed E-state index contributed by atoms with van der Waals surface area (Å²) in [5.74, 6) is 0.886. The van der Waals surface area contributed by atoms with Crippen molar-refractivity contribution in [3.63, 3.8) is 0 Å². The number of rotatable bonds is 7. The first-order valence-electron chi connectivity index (χ1n) is 8.85. The van der Waals surface area contributed by atoms with Crippen LogP contribution in [-0.4, -0.2) is 22.2 Å². The third-order valence-corrected chi connectivity index (χ3v) is 4.53. The molecule has 0 aliphatic rings. The molecule has 7 nitrogen and oxygen atoms in total. The van der Waals surface area contributed by atoms with Crippen LogP contribution in [0.3, 0.4) is 0 Å². The van der Waals surface area contributed by atoms with E-state index in [0.717, 1.165) is 28.0 Å². The summed E-state index contributed by atoms with van der Waals surface area (Å²) in [4.78, 5) is 4.28. The molecular formula is C21H18ClN5O2. The molecule has 0 fully saturated rings. The zero-order chi connectivity index (χ0) is 20.2. The molecule has 0 aliphatic carbocycles. The summed E-state index contributed by atoms with van der Waals surface area (Å²) >= 11 is 5.93. The van der Waals surface area contributed by atoms with E-state index in [1.807, 2.05) is 30.3 Å². The SMILES string of the molecule is C=C(NC)c1cc(COc2nnc(Nc3ccc(Cl)cc3)c3ccoc23)ccn1. The fraction of sp³-hybridized carbons (Fsp3) is 0.0952. The van der Waals surface area contributed by atoms with Gasteiger partial charge >= 0.3 is 0 Å². The number of nitrogens with zero attached hydrogens (tertiary/aromatic N) is 3. The lowest BCUT2D eigenvalue weighted by Gasteiger charge is -2.10. The van der Waals surface area contributed by atoms with Crippen LogP contribution in [0.15, 0.2) is 65.9 Å². The second-order valence-electron chi connectivity index (χ2n) is 6.22. The number of furan rings is 1. The van der Waals surface area contributed by atoms with E-state index in [9.17, 15) is 0 Å². The molecule has 0 saturated carbocycles. The van der Waals surface area contributed by atoms with E-state index in [0.29, 0.717) is 28.9 Å². The van der Waals surface area contributed by atoms with Gasteiger partial charge in [-0.25, -0.2) is 0 Å². The van der Waals surface area contributed by atoms with Gasteiger partial charge < -0.3 is 19.8 Å². The van der Waals surface area contributed by atoms with Crippen molar-refractivity contribution >= 4 is 39.8 Å². The Kier molecular flexibility index (Phi) is 5.31. The summed E-state index contributed by atoms with van der Waals surface area (Å²) in [7, 11) is 1.80. The highest BCUT2D eigenvalue weighted by Gasteiger charge is 2.14. The summed E-state index contributed by atoms with van der Waals surface area (Å²) in [6, 6.07) is 12.9. The van der Waals surface area contributed by atoms with Crippen LogP contribution in [0.25, 0.3) is 16.7 Å². The average Bonchev–Trinajstić information content (AvgIpc) is 3.25. The number of pyridine rings is 1. The molecule has 0 amide bonds. The van der Waals surface area contributed by atoms with Gasteiger partial charge in [0.1, 0.15) is 6.61 Å². The first-order chi connectivity index (χ1) is 14.1. The van der Waals surface area contributed by atoms with E-state index in [1.54, 1.807) is 31.6 Å². The molecule has 0 bridgehead atoms. The van der Waals surface area contributed by atoms with Crippen molar-refractivity contribution in [2.45, 2.75) is 6.61 Å². The Morgan fingerprint density at radius 3 is 2.79 bits per heavy atom. The zero-order valence-corrected chi connectivity index (χ0v) is 16.4. The molecule has 0 spiro atoms. The van der Waals surface area contributed by atoms with Crippen molar-refractivity contribution < 1.29 is 9.15 Å². The van der Waals surface area contributed by atoms with Gasteiger partial charge in [-0.15, -0.1) is 10.2 Å². The minimum absolute atomic E-state index is 0.293. The van der Waals surface area contributed by atoms with E-state index in [4.69, 9.17) is 20.8 Å². The fourth-order valence-electron chi connectivity index (χ4n) is 2.72. The molecule has 2 N–H and O–H groups in total. The number of nitrogens with one attached hydrogen (secondary N) is 2. The number of aromatic nitrogens is 3. The highest BCUT2D eigenvalue weighted by molar-refractivity contribution is 6.30. The van der Waals surface area contributed by atoms with Gasteiger partial charge in [0.15, 0.2) is 5.82 Å². The second kappa shape index (κ2) is 8.20. The van der Waals surface area contributed by atoms with Crippen molar-refractivity contribution in [3.05, 3.63) is 77.8 Å². The maximum Gasteiger partial charge on any atom is 0.278 e. The number of benzene rings is 1. The van der Waals surface area contributed by atoms with Gasteiger partial charge in [0, 0.05) is 24.0 Å². The average molecular weight is 408 g/mol. The fourth-order valence-corrected chi connectivity index (χ4v) is 2.85. The van der Waals surface area contributed by atoms with Crippen molar-refractivity contribution in [1.29, 1.82) is 0 Å². The molecule has 0 saturated heterocycles. The van der Waals surface area contributed by atoms with E-state index in [-0.39, 0.29) is 0 Å². The molecular weight excluding hydrogens is 390 g/mol. The smallest absolute Gasteiger partial charge is 0.278 e. The lowest BCUT2D eigenvalue weighted by atomic mass is 10.2. The molecule has 4 aromatic rings. The minimum atomic E-state index is 0.293. The highest BCUT2D eigenvalue weighted by Crippen LogP contribution is 2.31. The molecule has 0 aliphatic heterocycles. The lowest BCUT2D eigenvalue weighted by molar-refractivity contribution is 0.289. The van der Waals surface area contributed by atoms with Gasteiger partial charge in [-0.1, -0.05) is 18.2 Å². The molecule has 0 radical (unpaired) electrons. The van der Waals surface area contributed by atoms with Crippen LogP contribution < -0.4 is 15.4 Å². The first-order valence-corrected chi connectivity index (χ1v) is 9.23. The Bertz CT molecular complexity index is 1160. The summed E-state index contributed by atoms with van der Waals surface area (Å²) in [6.07, 6.45) is 3.29. The molecule has 0 atom stereocenters. The maximum absolute atomic E-state index is 5.93. The van der Waals surface area contributed by atoms with Crippen LogP contribution in [-0.2, 0) is 6.61 Å². The molecule has 3 aromatic heterocycles. The van der Waals surface area contributed by atoms with Gasteiger partial charge in [-0.3, -0.25) is 4.98 Å². The van der Waals surface area contributed by atoms with Crippen molar-refractivity contribution in [1.82, 2.24) is 20.5 Å². The van der Waals surface area contributed by atoms with Crippen molar-refractivity contribution in [3.8, 4) is 5.88 Å². The Balaban J connectivity index is 1.54. The predicted molar refractivity (Wildman–Crippen MR) is 113 cm³/mol. The number of hydrogen-bond acceptors (Lipinski definition) is 7. The normalized spacial score (nSPS) is 10.7. The quantitative estimate of drug-likeness (QED) is 0.455. The molecule has 4 rings (SSSR count). The topological polar surface area (TPSA) is 85.1 Å². The molecule has 29 heavy (non-hydrogen) atoms. The van der Waals surface area contributed by atoms with Crippen LogP contribution in [0.1, 0.15) is 11.3 Å². The Morgan fingerprint density at radius 1 is 1.17 bits per heavy atom. The summed E-state index contributed by atoms with van der Waals surface area (Å²) in [5.41, 5.74) is 3.78. The van der Waals surface area contributed by atoms with Crippen LogP contribution >= 0.6 is 11.6 Å². The Morgan fingerprint density at radius 2 is 2.00 bits per heavy atom. The largest absolute Gasteiger partial charge is 0.469 e. The predicted octanol–water partition coefficient (Wildman–Crippen LogP) is 4.78. The molecule has 8 heteroatoms. The summed E-state index contributed by atoms with van der Waals surface area (Å²) in [6.45, 7) is 4.21. The molecule has 1 aromatic carbocycles. The van der Waals surface area contributed by atoms with Gasteiger partial charge in [0.2, 0.25) is 5.58 Å². The van der Waals surface area contributed by atoms with Crippen molar-refractivity contribution in [2.24, 2.45) is 0 Å². The van der Waals surface area contributed by atoms with E-state index in [2.05, 4.69) is 32.4 Å². The third kappa shape index (κ3) is 4.14. The van der Waals surface area contributed by atoms with E-state index in [1.165, 1.54) is 0 Å². The summed E-state index contributed by atoms with van der Waals surface area (Å²) in [5, 5.41) is 16.1. The number of ether oxygens (including phenoxy) is 1. The standard InChI is InChI=1S/C21H18ClN5O2/c1-13(23-2)18-11-14(7-9-24-18)12-29-21-19-17(8-10-28-19)20(26-27-21)25-16-5-3-15(22)4-6-16/h3-11,23H,1,12H2,2H3,(H,25,26). The number of fused-ring (bicyclic) bond motifs is 1. The van der Waals surface area contributed by atoms with Crippen molar-refractivity contribution in [2.75, 3.05) is 12.4 Å². The van der Waals surface area contributed by atoms with E-state index >= 15 is 0 Å². The Hall–Kier alpha value is -3.58. The van der Waals surface area contributed by atoms with Gasteiger partial charge in [0.25, 0.3) is 5.88 Å². The Labute approximate surface area is 172 Å². The maximum atomic E-state index is 5.93. The van der Waals surface area contributed by atoms with Gasteiger partial charge in [-0.05, 0) is 48.0 Å². The molecule has 0 unspecified atom stereocenters. The van der Waals surface area contributed by atoms with Gasteiger partial charge in [-0.2, -0.15) is 0 Å².